The minimum atomic E-state index is 0.619. The predicted molar refractivity (Wildman–Crippen MR) is 82.3 cm³/mol. The molecule has 104 valence electrons. The molecule has 3 heteroatoms. The molecule has 1 aromatic rings. The van der Waals surface area contributed by atoms with E-state index in [1.54, 1.807) is 0 Å². The van der Waals surface area contributed by atoms with E-state index < -0.39 is 0 Å². The van der Waals surface area contributed by atoms with Crippen LogP contribution in [-0.4, -0.2) is 24.6 Å². The van der Waals surface area contributed by atoms with Gasteiger partial charge in [0.05, 0.1) is 6.54 Å². The average molecular weight is 259 g/mol. The van der Waals surface area contributed by atoms with Crippen molar-refractivity contribution < 1.29 is 0 Å². The zero-order chi connectivity index (χ0) is 14.1. The van der Waals surface area contributed by atoms with E-state index in [0.29, 0.717) is 6.54 Å². The van der Waals surface area contributed by atoms with Crippen LogP contribution in [0.25, 0.3) is 0 Å². The summed E-state index contributed by atoms with van der Waals surface area (Å²) in [6.07, 6.45) is 7.64. The molecule has 19 heavy (non-hydrogen) atoms. The van der Waals surface area contributed by atoms with Gasteiger partial charge in [0.2, 0.25) is 0 Å². The van der Waals surface area contributed by atoms with Gasteiger partial charge in [-0.3, -0.25) is 0 Å². The lowest BCUT2D eigenvalue weighted by atomic mass is 10.2. The molecule has 0 aliphatic carbocycles. The van der Waals surface area contributed by atoms with Crippen LogP contribution in [0, 0.1) is 19.3 Å². The van der Waals surface area contributed by atoms with E-state index in [1.807, 2.05) is 0 Å². The van der Waals surface area contributed by atoms with Gasteiger partial charge in [-0.15, -0.1) is 6.42 Å². The van der Waals surface area contributed by atoms with E-state index in [1.165, 1.54) is 5.56 Å². The predicted octanol–water partition coefficient (Wildman–Crippen LogP) is 2.74. The van der Waals surface area contributed by atoms with Crippen LogP contribution in [0.4, 0.5) is 5.82 Å². The standard InChI is InChI=1S/C16H25N3/c1-5-10-17-13-15-8-9-16(18-14(15)4)19(11-6-2)12-7-3/h2,8-9,17H,5,7,10-13H2,1,3-4H3. The summed E-state index contributed by atoms with van der Waals surface area (Å²) in [5, 5.41) is 3.41. The molecule has 3 nitrogen and oxygen atoms in total. The number of hydrogen-bond acceptors (Lipinski definition) is 3. The van der Waals surface area contributed by atoms with Gasteiger partial charge in [0.25, 0.3) is 0 Å². The number of nitrogens with zero attached hydrogens (tertiary/aromatic N) is 2. The highest BCUT2D eigenvalue weighted by Gasteiger charge is 2.07. The zero-order valence-electron chi connectivity index (χ0n) is 12.4. The Morgan fingerprint density at radius 2 is 2.11 bits per heavy atom. The molecule has 0 atom stereocenters. The molecule has 0 radical (unpaired) electrons. The summed E-state index contributed by atoms with van der Waals surface area (Å²) >= 11 is 0. The SMILES string of the molecule is C#CCN(CCC)c1ccc(CNCCC)c(C)n1. The minimum Gasteiger partial charge on any atom is -0.345 e. The van der Waals surface area contributed by atoms with Crippen molar-refractivity contribution in [3.63, 3.8) is 0 Å². The van der Waals surface area contributed by atoms with E-state index in [4.69, 9.17) is 6.42 Å². The third kappa shape index (κ3) is 4.92. The molecule has 1 heterocycles. The summed E-state index contributed by atoms with van der Waals surface area (Å²) in [4.78, 5) is 6.83. The Morgan fingerprint density at radius 3 is 2.68 bits per heavy atom. The van der Waals surface area contributed by atoms with Crippen LogP contribution in [-0.2, 0) is 6.54 Å². The number of rotatable bonds is 8. The molecular weight excluding hydrogens is 234 g/mol. The molecule has 0 saturated carbocycles. The monoisotopic (exact) mass is 259 g/mol. The van der Waals surface area contributed by atoms with Crippen LogP contribution in [0.2, 0.25) is 0 Å². The molecule has 1 aromatic heterocycles. The van der Waals surface area contributed by atoms with E-state index in [0.717, 1.165) is 44.0 Å². The Labute approximate surface area is 117 Å². The number of pyridine rings is 1. The molecular formula is C16H25N3. The normalized spacial score (nSPS) is 10.2. The fourth-order valence-electron chi connectivity index (χ4n) is 1.99. The maximum absolute atomic E-state index is 5.42. The van der Waals surface area contributed by atoms with Gasteiger partial charge in [0, 0.05) is 18.8 Å². The second-order valence-electron chi connectivity index (χ2n) is 4.72. The highest BCUT2D eigenvalue weighted by molar-refractivity contribution is 5.42. The second kappa shape index (κ2) is 8.55. The molecule has 0 spiro atoms. The largest absolute Gasteiger partial charge is 0.345 e. The number of terminal acetylenes is 1. The van der Waals surface area contributed by atoms with E-state index >= 15 is 0 Å². The van der Waals surface area contributed by atoms with Gasteiger partial charge in [-0.1, -0.05) is 25.8 Å². The van der Waals surface area contributed by atoms with E-state index in [9.17, 15) is 0 Å². The molecule has 0 bridgehead atoms. The zero-order valence-corrected chi connectivity index (χ0v) is 12.4. The Balaban J connectivity index is 2.76. The molecule has 0 unspecified atom stereocenters. The average Bonchev–Trinajstić information content (AvgIpc) is 2.40. The Bertz CT molecular complexity index is 420. The maximum Gasteiger partial charge on any atom is 0.129 e. The van der Waals surface area contributed by atoms with Gasteiger partial charge in [-0.25, -0.2) is 4.98 Å². The van der Waals surface area contributed by atoms with Crippen LogP contribution in [0.15, 0.2) is 12.1 Å². The molecule has 0 fully saturated rings. The highest BCUT2D eigenvalue weighted by atomic mass is 15.2. The summed E-state index contributed by atoms with van der Waals surface area (Å²) in [5.74, 6) is 3.68. The first-order valence-corrected chi connectivity index (χ1v) is 7.08. The first-order valence-electron chi connectivity index (χ1n) is 7.08. The second-order valence-corrected chi connectivity index (χ2v) is 4.72. The van der Waals surface area contributed by atoms with Gasteiger partial charge in [-0.2, -0.15) is 0 Å². The van der Waals surface area contributed by atoms with Crippen LogP contribution in [0.1, 0.15) is 37.9 Å². The van der Waals surface area contributed by atoms with Gasteiger partial charge in [-0.05, 0) is 37.9 Å². The van der Waals surface area contributed by atoms with Gasteiger partial charge >= 0.3 is 0 Å². The molecule has 0 aromatic carbocycles. The van der Waals surface area contributed by atoms with Crippen LogP contribution in [0.3, 0.4) is 0 Å². The number of aromatic nitrogens is 1. The minimum absolute atomic E-state index is 0.619. The van der Waals surface area contributed by atoms with Crippen molar-refractivity contribution in [3.8, 4) is 12.3 Å². The van der Waals surface area contributed by atoms with Crippen LogP contribution < -0.4 is 10.2 Å². The van der Waals surface area contributed by atoms with Crippen molar-refractivity contribution in [1.29, 1.82) is 0 Å². The summed E-state index contributed by atoms with van der Waals surface area (Å²) in [6, 6.07) is 4.22. The lowest BCUT2D eigenvalue weighted by Crippen LogP contribution is -2.25. The Kier molecular flexibility index (Phi) is 6.99. The smallest absolute Gasteiger partial charge is 0.129 e. The summed E-state index contributed by atoms with van der Waals surface area (Å²) in [6.45, 7) is 9.88. The maximum atomic E-state index is 5.42. The summed E-state index contributed by atoms with van der Waals surface area (Å²) in [5.41, 5.74) is 2.34. The lowest BCUT2D eigenvalue weighted by molar-refractivity contribution is 0.670. The number of anilines is 1. The van der Waals surface area contributed by atoms with Crippen LogP contribution >= 0.6 is 0 Å². The first kappa shape index (κ1) is 15.5. The first-order chi connectivity index (χ1) is 9.22. The number of hydrogen-bond donors (Lipinski definition) is 1. The Morgan fingerprint density at radius 1 is 1.32 bits per heavy atom. The van der Waals surface area contributed by atoms with Crippen molar-refractivity contribution in [1.82, 2.24) is 10.3 Å². The van der Waals surface area contributed by atoms with E-state index in [-0.39, 0.29) is 0 Å². The quantitative estimate of drug-likeness (QED) is 0.575. The summed E-state index contributed by atoms with van der Waals surface area (Å²) in [7, 11) is 0. The fraction of sp³-hybridized carbons (Fsp3) is 0.562. The van der Waals surface area contributed by atoms with Crippen molar-refractivity contribution >= 4 is 5.82 Å². The fourth-order valence-corrected chi connectivity index (χ4v) is 1.99. The molecule has 0 aliphatic rings. The molecule has 1 rings (SSSR count). The van der Waals surface area contributed by atoms with Crippen molar-refractivity contribution in [2.75, 3.05) is 24.5 Å². The van der Waals surface area contributed by atoms with Gasteiger partial charge < -0.3 is 10.2 Å². The third-order valence-electron chi connectivity index (χ3n) is 3.02. The number of nitrogens with one attached hydrogen (secondary N) is 1. The summed E-state index contributed by atoms with van der Waals surface area (Å²) < 4.78 is 0. The highest BCUT2D eigenvalue weighted by Crippen LogP contribution is 2.15. The molecule has 0 amide bonds. The van der Waals surface area contributed by atoms with Crippen LogP contribution in [0.5, 0.6) is 0 Å². The van der Waals surface area contributed by atoms with Crippen molar-refractivity contribution in [2.24, 2.45) is 0 Å². The third-order valence-corrected chi connectivity index (χ3v) is 3.02. The molecule has 1 N–H and O–H groups in total. The van der Waals surface area contributed by atoms with E-state index in [2.05, 4.69) is 54.0 Å². The lowest BCUT2D eigenvalue weighted by Gasteiger charge is -2.21. The van der Waals surface area contributed by atoms with Crippen molar-refractivity contribution in [3.05, 3.63) is 23.4 Å². The Hall–Kier alpha value is -1.53. The van der Waals surface area contributed by atoms with Gasteiger partial charge in [0.15, 0.2) is 0 Å². The number of aryl methyl sites for hydroxylation is 1. The molecule has 0 aliphatic heterocycles. The van der Waals surface area contributed by atoms with Gasteiger partial charge in [0.1, 0.15) is 5.82 Å². The van der Waals surface area contributed by atoms with Crippen molar-refractivity contribution in [2.45, 2.75) is 40.2 Å². The topological polar surface area (TPSA) is 28.2 Å². The molecule has 0 saturated heterocycles.